The Hall–Kier alpha value is -4.26. The fourth-order valence-electron chi connectivity index (χ4n) is 3.97. The molecule has 3 aromatic carbocycles. The molecular weight excluding hydrogens is 640 g/mol. The fraction of sp³-hybridized carbons (Fsp3) is 0.258. The monoisotopic (exact) mass is 674 g/mol. The average molecular weight is 675 g/mol. The second kappa shape index (κ2) is 18.6. The van der Waals surface area contributed by atoms with Gasteiger partial charge in [0.2, 0.25) is 12.3 Å². The van der Waals surface area contributed by atoms with Gasteiger partial charge in [0.1, 0.15) is 37.8 Å². The molecule has 1 unspecified atom stereocenters. The largest absolute Gasteiger partial charge is 0.491 e. The number of aliphatic imine (C=N–C) groups is 3. The number of nitrogens with one attached hydrogen (secondary N) is 1. The number of amides is 2. The Bertz CT molecular complexity index is 1570. The first-order chi connectivity index (χ1) is 22.2. The van der Waals surface area contributed by atoms with Crippen LogP contribution in [0, 0.1) is 6.92 Å². The van der Waals surface area contributed by atoms with Crippen LogP contribution in [0.25, 0.3) is 0 Å². The molecule has 0 radical (unpaired) electrons. The molecular formula is C31H34F3N6O4PS. The van der Waals surface area contributed by atoms with Crippen molar-refractivity contribution in [2.24, 2.45) is 20.7 Å². The fourth-order valence-corrected chi connectivity index (χ4v) is 5.22. The van der Waals surface area contributed by atoms with Crippen LogP contribution < -0.4 is 26.0 Å². The van der Waals surface area contributed by atoms with E-state index in [0.717, 1.165) is 33.9 Å². The van der Waals surface area contributed by atoms with E-state index in [1.807, 2.05) is 32.2 Å². The second-order valence-corrected chi connectivity index (χ2v) is 11.0. The number of carbonyl (C=O) groups excluding carboxylic acids is 2. The summed E-state index contributed by atoms with van der Waals surface area (Å²) in [5.74, 6) is 0.948. The van der Waals surface area contributed by atoms with Gasteiger partial charge < -0.3 is 20.5 Å². The van der Waals surface area contributed by atoms with Crippen molar-refractivity contribution in [1.29, 1.82) is 0 Å². The van der Waals surface area contributed by atoms with Crippen LogP contribution >= 0.6 is 21.0 Å². The van der Waals surface area contributed by atoms with Crippen molar-refractivity contribution in [1.82, 2.24) is 0 Å². The quantitative estimate of drug-likeness (QED) is 0.113. The summed E-state index contributed by atoms with van der Waals surface area (Å²) in [4.78, 5) is 36.0. The van der Waals surface area contributed by atoms with Gasteiger partial charge in [0.05, 0.1) is 23.7 Å². The molecule has 2 amide bonds. The molecule has 46 heavy (non-hydrogen) atoms. The van der Waals surface area contributed by atoms with E-state index in [2.05, 4.69) is 29.5 Å². The van der Waals surface area contributed by atoms with Crippen molar-refractivity contribution in [3.8, 4) is 5.75 Å². The Morgan fingerprint density at radius 2 is 1.93 bits per heavy atom. The lowest BCUT2D eigenvalue weighted by Crippen LogP contribution is -2.30. The molecule has 0 spiro atoms. The van der Waals surface area contributed by atoms with Crippen LogP contribution in [-0.4, -0.2) is 68.8 Å². The van der Waals surface area contributed by atoms with E-state index < -0.39 is 19.7 Å². The molecule has 1 saturated heterocycles. The van der Waals surface area contributed by atoms with Gasteiger partial charge in [-0.3, -0.25) is 14.5 Å². The standard InChI is InChI=1S/C17H20FN4OP.C14H14F2N2O3S/c1-20-15-7-2-12(10-16(15)24)17(19)22-11-21-13-3-5-14(6-4-13)23-9-8-18;1-9-2-3-10(5-21-6-12(15)16)11(4-9)18-13(20)7-22-14(18)17-8-19/h2-7,10-11,20H,8-9,24H2,1H3,(H2,19,21,22);2-4,8,12H,5-7H2,1H3. The van der Waals surface area contributed by atoms with Crippen LogP contribution in [0.5, 0.6) is 5.75 Å². The van der Waals surface area contributed by atoms with E-state index in [0.29, 0.717) is 34.9 Å². The van der Waals surface area contributed by atoms with Gasteiger partial charge in [-0.1, -0.05) is 23.9 Å². The van der Waals surface area contributed by atoms with E-state index in [1.54, 1.807) is 42.5 Å². The minimum Gasteiger partial charge on any atom is -0.491 e. The molecule has 1 atom stereocenters. The van der Waals surface area contributed by atoms with E-state index in [9.17, 15) is 22.8 Å². The number of thioether (sulfide) groups is 1. The van der Waals surface area contributed by atoms with Crippen LogP contribution in [0.15, 0.2) is 75.6 Å². The van der Waals surface area contributed by atoms with Gasteiger partial charge in [-0.25, -0.2) is 23.2 Å². The molecule has 1 aliphatic rings. The highest BCUT2D eigenvalue weighted by Gasteiger charge is 2.31. The molecule has 3 N–H and O–H groups in total. The molecule has 0 aliphatic carbocycles. The van der Waals surface area contributed by atoms with Crippen molar-refractivity contribution >= 4 is 73.0 Å². The lowest BCUT2D eigenvalue weighted by Gasteiger charge is -2.20. The first-order valence-electron chi connectivity index (χ1n) is 13.8. The highest BCUT2D eigenvalue weighted by molar-refractivity contribution is 8.15. The predicted molar refractivity (Wildman–Crippen MR) is 182 cm³/mol. The number of alkyl halides is 3. The Labute approximate surface area is 271 Å². The molecule has 4 rings (SSSR count). The summed E-state index contributed by atoms with van der Waals surface area (Å²) in [6.07, 6.45) is -0.775. The first-order valence-corrected chi connectivity index (χ1v) is 15.4. The first kappa shape index (κ1) is 36.2. The molecule has 0 saturated carbocycles. The number of amidine groups is 2. The minimum atomic E-state index is -2.55. The van der Waals surface area contributed by atoms with E-state index in [4.69, 9.17) is 15.2 Å². The van der Waals surface area contributed by atoms with Crippen LogP contribution in [-0.2, 0) is 20.9 Å². The summed E-state index contributed by atoms with van der Waals surface area (Å²) >= 11 is 1.16. The maximum Gasteiger partial charge on any atom is 0.261 e. The lowest BCUT2D eigenvalue weighted by molar-refractivity contribution is -0.115. The third-order valence-electron chi connectivity index (χ3n) is 6.11. The molecule has 1 heterocycles. The highest BCUT2D eigenvalue weighted by atomic mass is 32.2. The molecule has 1 aliphatic heterocycles. The minimum absolute atomic E-state index is 0.0491. The SMILES string of the molecule is CNc1ccc(C(N)=NC=Nc2ccc(OCCF)cc2)cc1P.Cc1ccc(COCC(F)F)c(N2C(=O)CSC2=NC=O)c1. The third-order valence-corrected chi connectivity index (χ3v) is 7.53. The summed E-state index contributed by atoms with van der Waals surface area (Å²) in [7, 11) is 4.51. The molecule has 10 nitrogen and oxygen atoms in total. The van der Waals surface area contributed by atoms with Crippen molar-refractivity contribution in [3.05, 3.63) is 77.4 Å². The van der Waals surface area contributed by atoms with E-state index in [-0.39, 0.29) is 30.0 Å². The molecule has 0 bridgehead atoms. The zero-order valence-electron chi connectivity index (χ0n) is 25.2. The Morgan fingerprint density at radius 1 is 1.17 bits per heavy atom. The number of nitrogens with zero attached hydrogens (tertiary/aromatic N) is 4. The van der Waals surface area contributed by atoms with Gasteiger partial charge >= 0.3 is 0 Å². The molecule has 244 valence electrons. The number of benzene rings is 3. The Balaban J connectivity index is 0.000000251. The second-order valence-electron chi connectivity index (χ2n) is 9.42. The maximum absolute atomic E-state index is 12.2. The molecule has 15 heteroatoms. The third kappa shape index (κ3) is 11.0. The van der Waals surface area contributed by atoms with E-state index in [1.165, 1.54) is 11.2 Å². The van der Waals surface area contributed by atoms with Crippen LogP contribution in [0.3, 0.4) is 0 Å². The molecule has 0 aromatic heterocycles. The maximum atomic E-state index is 12.2. The van der Waals surface area contributed by atoms with Gasteiger partial charge in [-0.05, 0) is 66.3 Å². The summed E-state index contributed by atoms with van der Waals surface area (Å²) in [6.45, 7) is 0.653. The van der Waals surface area contributed by atoms with Crippen LogP contribution in [0.4, 0.5) is 30.2 Å². The topological polar surface area (TPSA) is 131 Å². The summed E-state index contributed by atoms with van der Waals surface area (Å²) < 4.78 is 46.5. The highest BCUT2D eigenvalue weighted by Crippen LogP contribution is 2.31. The number of halogens is 3. The number of aryl methyl sites for hydroxylation is 1. The summed E-state index contributed by atoms with van der Waals surface area (Å²) in [6, 6.07) is 18.0. The molecule has 3 aromatic rings. The van der Waals surface area contributed by atoms with Crippen LogP contribution in [0.2, 0.25) is 0 Å². The number of carbonyl (C=O) groups is 2. The van der Waals surface area contributed by atoms with Gasteiger partial charge in [-0.15, -0.1) is 9.24 Å². The Kier molecular flexibility index (Phi) is 14.7. The normalized spacial score (nSPS) is 14.2. The zero-order chi connectivity index (χ0) is 33.5. The number of rotatable bonds is 13. The number of hydrogen-bond donors (Lipinski definition) is 2. The van der Waals surface area contributed by atoms with Crippen molar-refractivity contribution in [2.75, 3.05) is 42.9 Å². The summed E-state index contributed by atoms with van der Waals surface area (Å²) in [5, 5.41) is 4.37. The summed E-state index contributed by atoms with van der Waals surface area (Å²) in [5.41, 5.74) is 10.5. The smallest absolute Gasteiger partial charge is 0.261 e. The van der Waals surface area contributed by atoms with Gasteiger partial charge in [0, 0.05) is 23.9 Å². The van der Waals surface area contributed by atoms with E-state index >= 15 is 0 Å². The van der Waals surface area contributed by atoms with Gasteiger partial charge in [-0.2, -0.15) is 4.99 Å². The van der Waals surface area contributed by atoms with Crippen molar-refractivity contribution < 1.29 is 32.2 Å². The molecule has 1 fully saturated rings. The number of anilines is 2. The van der Waals surface area contributed by atoms with Gasteiger partial charge in [0.15, 0.2) is 5.17 Å². The predicted octanol–water partition coefficient (Wildman–Crippen LogP) is 5.01. The average Bonchev–Trinajstić information content (AvgIpc) is 3.40. The van der Waals surface area contributed by atoms with Crippen molar-refractivity contribution in [2.45, 2.75) is 20.0 Å². The number of nitrogens with two attached hydrogens (primary N) is 1. The zero-order valence-corrected chi connectivity index (χ0v) is 27.1. The number of ether oxygens (including phenoxy) is 2. The number of hydrogen-bond acceptors (Lipinski definition) is 7. The van der Waals surface area contributed by atoms with Gasteiger partial charge in [0.25, 0.3) is 6.43 Å². The van der Waals surface area contributed by atoms with Crippen LogP contribution in [0.1, 0.15) is 16.7 Å². The van der Waals surface area contributed by atoms with Crippen molar-refractivity contribution in [3.63, 3.8) is 0 Å². The Morgan fingerprint density at radius 3 is 2.59 bits per heavy atom. The lowest BCUT2D eigenvalue weighted by atomic mass is 10.1.